The minimum absolute atomic E-state index is 0.129. The van der Waals surface area contributed by atoms with Crippen LogP contribution >= 0.6 is 11.8 Å². The standard InChI is InChI=1S/C12H18N4OS/c1-13-11-7-6-9(15-16-11)12(17)14-8-4-3-5-10(8)18-2/h6-8,10H,3-5H2,1-2H3,(H,13,16)(H,14,17). The number of thioether (sulfide) groups is 1. The summed E-state index contributed by atoms with van der Waals surface area (Å²) in [5.74, 6) is 0.533. The lowest BCUT2D eigenvalue weighted by atomic mass is 10.2. The van der Waals surface area contributed by atoms with Gasteiger partial charge in [-0.3, -0.25) is 4.79 Å². The van der Waals surface area contributed by atoms with E-state index in [2.05, 4.69) is 27.1 Å². The second kappa shape index (κ2) is 6.04. The average Bonchev–Trinajstić information content (AvgIpc) is 2.86. The Bertz CT molecular complexity index is 409. The fourth-order valence-electron chi connectivity index (χ4n) is 2.20. The molecule has 0 aromatic carbocycles. The maximum Gasteiger partial charge on any atom is 0.272 e. The molecule has 1 amide bonds. The number of carbonyl (C=O) groups is 1. The van der Waals surface area contributed by atoms with E-state index in [9.17, 15) is 4.79 Å². The fraction of sp³-hybridized carbons (Fsp3) is 0.583. The van der Waals surface area contributed by atoms with Crippen LogP contribution in [0.1, 0.15) is 29.8 Å². The highest BCUT2D eigenvalue weighted by Crippen LogP contribution is 2.28. The molecule has 0 spiro atoms. The van der Waals surface area contributed by atoms with Crippen molar-refractivity contribution in [2.45, 2.75) is 30.6 Å². The van der Waals surface area contributed by atoms with Gasteiger partial charge in [-0.05, 0) is 31.2 Å². The smallest absolute Gasteiger partial charge is 0.272 e. The van der Waals surface area contributed by atoms with Crippen LogP contribution in [0.4, 0.5) is 5.82 Å². The van der Waals surface area contributed by atoms with Gasteiger partial charge in [0.25, 0.3) is 5.91 Å². The van der Waals surface area contributed by atoms with Crippen molar-refractivity contribution in [2.24, 2.45) is 0 Å². The van der Waals surface area contributed by atoms with Crippen molar-refractivity contribution in [3.05, 3.63) is 17.8 Å². The molecule has 1 saturated carbocycles. The van der Waals surface area contributed by atoms with Crippen LogP contribution in [-0.2, 0) is 0 Å². The number of rotatable bonds is 4. The van der Waals surface area contributed by atoms with Crippen molar-refractivity contribution in [2.75, 3.05) is 18.6 Å². The predicted octanol–water partition coefficient (Wildman–Crippen LogP) is 1.53. The molecule has 0 aliphatic heterocycles. The first-order valence-corrected chi connectivity index (χ1v) is 7.38. The zero-order chi connectivity index (χ0) is 13.0. The first kappa shape index (κ1) is 13.1. The third-order valence-corrected chi connectivity index (χ3v) is 4.39. The van der Waals surface area contributed by atoms with Crippen molar-refractivity contribution >= 4 is 23.5 Å². The molecule has 2 N–H and O–H groups in total. The zero-order valence-electron chi connectivity index (χ0n) is 10.6. The van der Waals surface area contributed by atoms with Crippen LogP contribution in [0.15, 0.2) is 12.1 Å². The zero-order valence-corrected chi connectivity index (χ0v) is 11.5. The van der Waals surface area contributed by atoms with Crippen LogP contribution in [0, 0.1) is 0 Å². The molecular formula is C12H18N4OS. The van der Waals surface area contributed by atoms with Crippen LogP contribution in [0.3, 0.4) is 0 Å². The molecule has 1 aliphatic carbocycles. The van der Waals surface area contributed by atoms with Crippen LogP contribution in [0.5, 0.6) is 0 Å². The number of hydrogen-bond donors (Lipinski definition) is 2. The van der Waals surface area contributed by atoms with E-state index in [1.807, 2.05) is 11.8 Å². The lowest BCUT2D eigenvalue weighted by molar-refractivity contribution is 0.0932. The Hall–Kier alpha value is -1.30. The number of aromatic nitrogens is 2. The van der Waals surface area contributed by atoms with E-state index in [0.717, 1.165) is 6.42 Å². The van der Waals surface area contributed by atoms with Gasteiger partial charge in [-0.2, -0.15) is 11.8 Å². The molecule has 2 rings (SSSR count). The van der Waals surface area contributed by atoms with Gasteiger partial charge < -0.3 is 10.6 Å². The minimum Gasteiger partial charge on any atom is -0.372 e. The molecule has 0 radical (unpaired) electrons. The maximum atomic E-state index is 12.0. The Balaban J connectivity index is 1.98. The molecule has 0 saturated heterocycles. The molecule has 98 valence electrons. The van der Waals surface area contributed by atoms with Crippen molar-refractivity contribution in [1.82, 2.24) is 15.5 Å². The summed E-state index contributed by atoms with van der Waals surface area (Å²) in [6.07, 6.45) is 5.51. The Morgan fingerprint density at radius 1 is 1.39 bits per heavy atom. The summed E-state index contributed by atoms with van der Waals surface area (Å²) < 4.78 is 0. The van der Waals surface area contributed by atoms with Gasteiger partial charge in [-0.1, -0.05) is 6.42 Å². The third-order valence-electron chi connectivity index (χ3n) is 3.23. The lowest BCUT2D eigenvalue weighted by Crippen LogP contribution is -2.39. The van der Waals surface area contributed by atoms with Gasteiger partial charge in [0.15, 0.2) is 5.69 Å². The summed E-state index contributed by atoms with van der Waals surface area (Å²) in [7, 11) is 1.77. The van der Waals surface area contributed by atoms with Gasteiger partial charge in [-0.15, -0.1) is 10.2 Å². The first-order valence-electron chi connectivity index (χ1n) is 6.09. The van der Waals surface area contributed by atoms with Crippen LogP contribution in [0.25, 0.3) is 0 Å². The van der Waals surface area contributed by atoms with Crippen LogP contribution in [-0.4, -0.2) is 40.7 Å². The highest BCUT2D eigenvalue weighted by atomic mass is 32.2. The van der Waals surface area contributed by atoms with Crippen LogP contribution in [0.2, 0.25) is 0 Å². The average molecular weight is 266 g/mol. The normalized spacial score (nSPS) is 22.8. The number of nitrogens with zero attached hydrogens (tertiary/aromatic N) is 2. The van der Waals surface area contributed by atoms with E-state index in [4.69, 9.17) is 0 Å². The summed E-state index contributed by atoms with van der Waals surface area (Å²) >= 11 is 1.82. The molecule has 1 aromatic heterocycles. The van der Waals surface area contributed by atoms with Gasteiger partial charge in [0.2, 0.25) is 0 Å². The molecule has 6 heteroatoms. The Morgan fingerprint density at radius 2 is 2.22 bits per heavy atom. The maximum absolute atomic E-state index is 12.0. The Morgan fingerprint density at radius 3 is 2.83 bits per heavy atom. The molecule has 18 heavy (non-hydrogen) atoms. The molecular weight excluding hydrogens is 248 g/mol. The fourth-order valence-corrected chi connectivity index (χ4v) is 3.14. The molecule has 2 atom stereocenters. The number of amides is 1. The van der Waals surface area contributed by atoms with Gasteiger partial charge in [0.05, 0.1) is 0 Å². The lowest BCUT2D eigenvalue weighted by Gasteiger charge is -2.18. The van der Waals surface area contributed by atoms with Gasteiger partial charge in [-0.25, -0.2) is 0 Å². The summed E-state index contributed by atoms with van der Waals surface area (Å²) in [6.45, 7) is 0. The Kier molecular flexibility index (Phi) is 4.41. The van der Waals surface area contributed by atoms with Gasteiger partial charge in [0.1, 0.15) is 5.82 Å². The second-order valence-corrected chi connectivity index (χ2v) is 5.42. The van der Waals surface area contributed by atoms with Crippen molar-refractivity contribution in [3.8, 4) is 0 Å². The quantitative estimate of drug-likeness (QED) is 0.865. The molecule has 5 nitrogen and oxygen atoms in total. The SMILES string of the molecule is CNc1ccc(C(=O)NC2CCCC2SC)nn1. The monoisotopic (exact) mass is 266 g/mol. The number of carbonyl (C=O) groups excluding carboxylic acids is 1. The molecule has 1 aliphatic rings. The first-order chi connectivity index (χ1) is 8.74. The van der Waals surface area contributed by atoms with E-state index in [0.29, 0.717) is 16.8 Å². The number of anilines is 1. The number of hydrogen-bond acceptors (Lipinski definition) is 5. The predicted molar refractivity (Wildman–Crippen MR) is 74.0 cm³/mol. The summed E-state index contributed by atoms with van der Waals surface area (Å²) in [5, 5.41) is 14.3. The highest BCUT2D eigenvalue weighted by molar-refractivity contribution is 7.99. The van der Waals surface area contributed by atoms with Crippen molar-refractivity contribution in [3.63, 3.8) is 0 Å². The third kappa shape index (κ3) is 2.93. The molecule has 1 fully saturated rings. The molecule has 1 aromatic rings. The van der Waals surface area contributed by atoms with E-state index in [1.54, 1.807) is 19.2 Å². The van der Waals surface area contributed by atoms with Crippen LogP contribution < -0.4 is 10.6 Å². The minimum atomic E-state index is -0.129. The summed E-state index contributed by atoms with van der Waals surface area (Å²) in [6, 6.07) is 3.71. The van der Waals surface area contributed by atoms with E-state index < -0.39 is 0 Å². The largest absolute Gasteiger partial charge is 0.372 e. The summed E-state index contributed by atoms with van der Waals surface area (Å²) in [4.78, 5) is 12.0. The highest BCUT2D eigenvalue weighted by Gasteiger charge is 2.28. The second-order valence-electron chi connectivity index (χ2n) is 4.34. The Labute approximate surface area is 111 Å². The van der Waals surface area contributed by atoms with Crippen molar-refractivity contribution in [1.29, 1.82) is 0 Å². The molecule has 0 bridgehead atoms. The topological polar surface area (TPSA) is 66.9 Å². The van der Waals surface area contributed by atoms with E-state index in [-0.39, 0.29) is 11.9 Å². The van der Waals surface area contributed by atoms with Gasteiger partial charge in [0, 0.05) is 18.3 Å². The van der Waals surface area contributed by atoms with E-state index >= 15 is 0 Å². The van der Waals surface area contributed by atoms with Gasteiger partial charge >= 0.3 is 0 Å². The molecule has 2 unspecified atom stereocenters. The van der Waals surface area contributed by atoms with Crippen molar-refractivity contribution < 1.29 is 4.79 Å². The number of nitrogens with one attached hydrogen (secondary N) is 2. The summed E-state index contributed by atoms with van der Waals surface area (Å²) in [5.41, 5.74) is 0.376. The molecule has 1 heterocycles. The van der Waals surface area contributed by atoms with E-state index in [1.165, 1.54) is 12.8 Å².